The number of nitrogens with one attached hydrogen (secondary N) is 1. The molecule has 0 aliphatic heterocycles. The van der Waals surface area contributed by atoms with Crippen LogP contribution in [-0.2, 0) is 25.5 Å². The van der Waals surface area contributed by atoms with Crippen LogP contribution in [0.2, 0.25) is 0 Å². The number of carbonyl (C=O) groups excluding carboxylic acids is 3. The molecule has 0 spiro atoms. The maximum absolute atomic E-state index is 12.4. The van der Waals surface area contributed by atoms with Gasteiger partial charge < -0.3 is 24.3 Å². The van der Waals surface area contributed by atoms with Crippen molar-refractivity contribution in [3.05, 3.63) is 59.7 Å². The van der Waals surface area contributed by atoms with Gasteiger partial charge in [-0.05, 0) is 30.2 Å². The van der Waals surface area contributed by atoms with Crippen LogP contribution in [0.3, 0.4) is 0 Å². The molecule has 8 nitrogen and oxygen atoms in total. The first-order chi connectivity index (χ1) is 15.5. The molecular formula is C24H29NO7. The molecule has 2 rings (SSSR count). The van der Waals surface area contributed by atoms with Crippen LogP contribution in [0, 0.1) is 0 Å². The average molecular weight is 443 g/mol. The number of amides is 1. The van der Waals surface area contributed by atoms with Crippen LogP contribution in [-0.4, -0.2) is 51.3 Å². The summed E-state index contributed by atoms with van der Waals surface area (Å²) in [6.45, 7) is 2.06. The van der Waals surface area contributed by atoms with Crippen LogP contribution in [0.25, 0.3) is 0 Å². The van der Waals surface area contributed by atoms with Crippen molar-refractivity contribution >= 4 is 17.8 Å². The summed E-state index contributed by atoms with van der Waals surface area (Å²) in [5.74, 6) is -0.977. The Balaban J connectivity index is 1.94. The van der Waals surface area contributed by atoms with E-state index in [1.54, 1.807) is 6.07 Å². The van der Waals surface area contributed by atoms with E-state index in [1.165, 1.54) is 26.4 Å². The van der Waals surface area contributed by atoms with E-state index in [4.69, 9.17) is 18.9 Å². The monoisotopic (exact) mass is 443 g/mol. The van der Waals surface area contributed by atoms with E-state index in [0.717, 1.165) is 18.4 Å². The number of hydrogen-bond acceptors (Lipinski definition) is 7. The quantitative estimate of drug-likeness (QED) is 0.398. The minimum atomic E-state index is -0.895. The van der Waals surface area contributed by atoms with E-state index in [9.17, 15) is 14.4 Å². The number of benzene rings is 2. The molecule has 2 aromatic rings. The number of hydrogen-bond donors (Lipinski definition) is 1. The van der Waals surface area contributed by atoms with Gasteiger partial charge in [-0.3, -0.25) is 4.79 Å². The molecule has 8 heteroatoms. The number of esters is 2. The van der Waals surface area contributed by atoms with E-state index in [2.05, 4.69) is 12.2 Å². The number of rotatable bonds is 12. The van der Waals surface area contributed by atoms with Crippen molar-refractivity contribution in [3.8, 4) is 11.5 Å². The summed E-state index contributed by atoms with van der Waals surface area (Å²) in [4.78, 5) is 36.7. The van der Waals surface area contributed by atoms with Gasteiger partial charge in [-0.25, -0.2) is 9.59 Å². The summed E-state index contributed by atoms with van der Waals surface area (Å²) in [5, 5.41) is 2.55. The molecule has 0 fully saturated rings. The van der Waals surface area contributed by atoms with E-state index in [1.807, 2.05) is 30.3 Å². The van der Waals surface area contributed by atoms with Crippen LogP contribution in [0.1, 0.15) is 35.7 Å². The van der Waals surface area contributed by atoms with Gasteiger partial charge in [0.15, 0.2) is 18.1 Å². The summed E-state index contributed by atoms with van der Waals surface area (Å²) in [6, 6.07) is 13.0. The topological polar surface area (TPSA) is 100 Å². The van der Waals surface area contributed by atoms with Crippen molar-refractivity contribution in [1.29, 1.82) is 0 Å². The lowest BCUT2D eigenvalue weighted by Crippen LogP contribution is -2.44. The molecule has 172 valence electrons. The Morgan fingerprint density at radius 1 is 1.00 bits per heavy atom. The first-order valence-electron chi connectivity index (χ1n) is 10.4. The average Bonchev–Trinajstić information content (AvgIpc) is 2.82. The Bertz CT molecular complexity index is 898. The molecule has 0 saturated heterocycles. The van der Waals surface area contributed by atoms with E-state index in [0.29, 0.717) is 18.1 Å². The molecule has 1 N–H and O–H groups in total. The highest BCUT2D eigenvalue weighted by Crippen LogP contribution is 2.28. The predicted molar refractivity (Wildman–Crippen MR) is 118 cm³/mol. The van der Waals surface area contributed by atoms with Gasteiger partial charge in [-0.2, -0.15) is 0 Å². The maximum atomic E-state index is 12.4. The van der Waals surface area contributed by atoms with Crippen molar-refractivity contribution in [2.45, 2.75) is 32.2 Å². The molecule has 1 atom stereocenters. The first kappa shape index (κ1) is 24.7. The van der Waals surface area contributed by atoms with Gasteiger partial charge in [-0.1, -0.05) is 43.7 Å². The Kier molecular flexibility index (Phi) is 10.0. The molecule has 1 amide bonds. The summed E-state index contributed by atoms with van der Waals surface area (Å²) < 4.78 is 20.8. The van der Waals surface area contributed by atoms with Gasteiger partial charge in [0.25, 0.3) is 5.91 Å². The molecule has 0 aromatic heterocycles. The summed E-state index contributed by atoms with van der Waals surface area (Å²) >= 11 is 0. The lowest BCUT2D eigenvalue weighted by atomic mass is 10.1. The largest absolute Gasteiger partial charge is 0.493 e. The van der Waals surface area contributed by atoms with Crippen LogP contribution < -0.4 is 14.8 Å². The summed E-state index contributed by atoms with van der Waals surface area (Å²) in [7, 11) is 2.72. The molecule has 0 saturated carbocycles. The zero-order valence-corrected chi connectivity index (χ0v) is 18.6. The Morgan fingerprint density at radius 2 is 1.75 bits per heavy atom. The van der Waals surface area contributed by atoms with E-state index in [-0.39, 0.29) is 12.0 Å². The first-order valence-corrected chi connectivity index (χ1v) is 10.4. The van der Waals surface area contributed by atoms with Gasteiger partial charge in [0, 0.05) is 6.42 Å². The zero-order chi connectivity index (χ0) is 23.3. The molecule has 0 heterocycles. The van der Waals surface area contributed by atoms with Gasteiger partial charge >= 0.3 is 11.9 Å². The van der Waals surface area contributed by atoms with Gasteiger partial charge in [-0.15, -0.1) is 0 Å². The van der Waals surface area contributed by atoms with Gasteiger partial charge in [0.1, 0.15) is 6.04 Å². The summed E-state index contributed by atoms with van der Waals surface area (Å²) in [5.41, 5.74) is 1.07. The normalized spacial score (nSPS) is 11.2. The third-order valence-corrected chi connectivity index (χ3v) is 4.59. The molecule has 2 aromatic carbocycles. The molecule has 0 aliphatic carbocycles. The molecule has 0 radical (unpaired) electrons. The second kappa shape index (κ2) is 13.0. The van der Waals surface area contributed by atoms with Crippen LogP contribution in [0.5, 0.6) is 11.5 Å². The highest BCUT2D eigenvalue weighted by atomic mass is 16.5. The highest BCUT2D eigenvalue weighted by Gasteiger charge is 2.23. The second-order valence-electron chi connectivity index (χ2n) is 6.98. The molecule has 0 aliphatic rings. The third kappa shape index (κ3) is 7.61. The molecule has 32 heavy (non-hydrogen) atoms. The lowest BCUT2D eigenvalue weighted by molar-refractivity contribution is -0.145. The van der Waals surface area contributed by atoms with Gasteiger partial charge in [0.05, 0.1) is 26.4 Å². The van der Waals surface area contributed by atoms with Crippen LogP contribution >= 0.6 is 0 Å². The van der Waals surface area contributed by atoms with Crippen molar-refractivity contribution in [2.24, 2.45) is 0 Å². The minimum absolute atomic E-state index is 0.214. The SMILES string of the molecule is CCCCOc1ccc(C(=O)OCC(=O)NC(Cc2ccccc2)C(=O)OC)cc1OC. The Labute approximate surface area is 187 Å². The standard InChI is InChI=1S/C24H29NO7/c1-4-5-13-31-20-12-11-18(15-21(20)29-2)23(27)32-16-22(26)25-19(24(28)30-3)14-17-9-7-6-8-10-17/h6-12,15,19H,4-5,13-14,16H2,1-3H3,(H,25,26). The number of ether oxygens (including phenoxy) is 4. The zero-order valence-electron chi connectivity index (χ0n) is 18.6. The fourth-order valence-corrected chi connectivity index (χ4v) is 2.88. The molecule has 1 unspecified atom stereocenters. The molecular weight excluding hydrogens is 414 g/mol. The number of unbranched alkanes of at least 4 members (excludes halogenated alkanes) is 1. The number of carbonyl (C=O) groups is 3. The number of methoxy groups -OCH3 is 2. The third-order valence-electron chi connectivity index (χ3n) is 4.59. The van der Waals surface area contributed by atoms with Crippen molar-refractivity contribution < 1.29 is 33.3 Å². The molecule has 0 bridgehead atoms. The fourth-order valence-electron chi connectivity index (χ4n) is 2.88. The maximum Gasteiger partial charge on any atom is 0.338 e. The van der Waals surface area contributed by atoms with Crippen LogP contribution in [0.4, 0.5) is 0 Å². The lowest BCUT2D eigenvalue weighted by Gasteiger charge is -2.17. The van der Waals surface area contributed by atoms with Crippen molar-refractivity contribution in [1.82, 2.24) is 5.32 Å². The Morgan fingerprint density at radius 3 is 2.41 bits per heavy atom. The van der Waals surface area contributed by atoms with E-state index >= 15 is 0 Å². The summed E-state index contributed by atoms with van der Waals surface area (Å²) in [6.07, 6.45) is 2.15. The Hall–Kier alpha value is -3.55. The predicted octanol–water partition coefficient (Wildman–Crippen LogP) is 2.93. The smallest absolute Gasteiger partial charge is 0.338 e. The van der Waals surface area contributed by atoms with Crippen molar-refractivity contribution in [3.63, 3.8) is 0 Å². The highest BCUT2D eigenvalue weighted by molar-refractivity contribution is 5.92. The van der Waals surface area contributed by atoms with Gasteiger partial charge in [0.2, 0.25) is 0 Å². The fraction of sp³-hybridized carbons (Fsp3) is 0.375. The van der Waals surface area contributed by atoms with Crippen LogP contribution in [0.15, 0.2) is 48.5 Å². The van der Waals surface area contributed by atoms with E-state index < -0.39 is 30.5 Å². The van der Waals surface area contributed by atoms with Crippen molar-refractivity contribution in [2.75, 3.05) is 27.4 Å². The second-order valence-corrected chi connectivity index (χ2v) is 6.98. The minimum Gasteiger partial charge on any atom is -0.493 e.